The molecular weight excluding hydrogens is 473 g/mol. The number of nitrogens with zero attached hydrogens (tertiary/aromatic N) is 1. The lowest BCUT2D eigenvalue weighted by Gasteiger charge is -2.29. The van der Waals surface area contributed by atoms with Crippen LogP contribution in [-0.4, -0.2) is 30.6 Å². The summed E-state index contributed by atoms with van der Waals surface area (Å²) in [7, 11) is 0. The van der Waals surface area contributed by atoms with Crippen molar-refractivity contribution in [2.24, 2.45) is 0 Å². The van der Waals surface area contributed by atoms with Crippen LogP contribution in [0.25, 0.3) is 6.08 Å². The van der Waals surface area contributed by atoms with Crippen LogP contribution >= 0.6 is 23.2 Å². The zero-order chi connectivity index (χ0) is 23.7. The number of ether oxygens (including phenoxy) is 3. The summed E-state index contributed by atoms with van der Waals surface area (Å²) < 4.78 is 17.8. The molecule has 0 radical (unpaired) electrons. The van der Waals surface area contributed by atoms with Crippen molar-refractivity contribution in [2.75, 3.05) is 19.9 Å². The average molecular weight is 496 g/mol. The number of benzene rings is 3. The quantitative estimate of drug-likeness (QED) is 0.370. The van der Waals surface area contributed by atoms with Gasteiger partial charge in [0.25, 0.3) is 0 Å². The van der Waals surface area contributed by atoms with Gasteiger partial charge in [-0.15, -0.1) is 0 Å². The van der Waals surface area contributed by atoms with Crippen molar-refractivity contribution < 1.29 is 19.0 Å². The van der Waals surface area contributed by atoms with E-state index in [1.165, 1.54) is 0 Å². The van der Waals surface area contributed by atoms with Gasteiger partial charge in [-0.2, -0.15) is 0 Å². The fraction of sp³-hybridized carbons (Fsp3) is 0.222. The van der Waals surface area contributed by atoms with Crippen LogP contribution < -0.4 is 14.2 Å². The number of carbonyl (C=O) groups excluding carboxylic acids is 1. The fourth-order valence-electron chi connectivity index (χ4n) is 4.18. The van der Waals surface area contributed by atoms with Crippen LogP contribution in [0.2, 0.25) is 10.0 Å². The zero-order valence-electron chi connectivity index (χ0n) is 18.6. The summed E-state index contributed by atoms with van der Waals surface area (Å²) in [4.78, 5) is 15.3. The first kappa shape index (κ1) is 22.8. The Labute approximate surface area is 208 Å². The molecule has 34 heavy (non-hydrogen) atoms. The van der Waals surface area contributed by atoms with Gasteiger partial charge >= 0.3 is 0 Å². The van der Waals surface area contributed by atoms with Crippen LogP contribution in [0.3, 0.4) is 0 Å². The number of carbonyl (C=O) groups is 1. The van der Waals surface area contributed by atoms with Crippen molar-refractivity contribution >= 4 is 35.1 Å². The van der Waals surface area contributed by atoms with Crippen LogP contribution in [0, 0.1) is 0 Å². The summed E-state index contributed by atoms with van der Waals surface area (Å²) >= 11 is 12.3. The van der Waals surface area contributed by atoms with Gasteiger partial charge in [-0.1, -0.05) is 47.5 Å². The predicted molar refractivity (Wildman–Crippen MR) is 133 cm³/mol. The second-order valence-corrected chi connectivity index (χ2v) is 8.98. The number of fused-ring (bicyclic) bond motifs is 3. The van der Waals surface area contributed by atoms with Gasteiger partial charge in [0.1, 0.15) is 24.0 Å². The van der Waals surface area contributed by atoms with Crippen molar-refractivity contribution in [2.45, 2.75) is 19.9 Å². The van der Waals surface area contributed by atoms with Crippen molar-refractivity contribution in [1.82, 2.24) is 4.90 Å². The lowest BCUT2D eigenvalue weighted by atomic mass is 10.0. The molecule has 174 valence electrons. The number of Topliss-reactive ketones (excluding diaryl/α,β-unsaturated/α-hetero) is 1. The summed E-state index contributed by atoms with van der Waals surface area (Å²) in [5, 5.41) is 1.27. The normalized spacial score (nSPS) is 16.1. The van der Waals surface area contributed by atoms with Gasteiger partial charge in [0, 0.05) is 28.7 Å². The van der Waals surface area contributed by atoms with Gasteiger partial charge in [0.15, 0.2) is 5.76 Å². The molecule has 0 saturated heterocycles. The number of halogens is 2. The Bertz CT molecular complexity index is 1290. The summed E-state index contributed by atoms with van der Waals surface area (Å²) in [6.45, 7) is 4.27. The first-order valence-corrected chi connectivity index (χ1v) is 11.9. The monoisotopic (exact) mass is 495 g/mol. The molecule has 0 aliphatic carbocycles. The third-order valence-corrected chi connectivity index (χ3v) is 6.49. The molecule has 0 aromatic heterocycles. The molecule has 0 fully saturated rings. The highest BCUT2D eigenvalue weighted by Gasteiger charge is 2.33. The molecule has 2 aliphatic rings. The van der Waals surface area contributed by atoms with E-state index in [-0.39, 0.29) is 11.5 Å². The minimum absolute atomic E-state index is 0.144. The molecule has 0 N–H and O–H groups in total. The van der Waals surface area contributed by atoms with E-state index in [4.69, 9.17) is 37.4 Å². The van der Waals surface area contributed by atoms with Gasteiger partial charge in [-0.3, -0.25) is 9.69 Å². The van der Waals surface area contributed by atoms with E-state index in [1.807, 2.05) is 49.4 Å². The van der Waals surface area contributed by atoms with Crippen LogP contribution in [0.4, 0.5) is 0 Å². The molecule has 0 spiro atoms. The molecule has 2 heterocycles. The first-order valence-electron chi connectivity index (χ1n) is 11.1. The number of hydrogen-bond donors (Lipinski definition) is 0. The highest BCUT2D eigenvalue weighted by Crippen LogP contribution is 2.42. The third-order valence-electron chi connectivity index (χ3n) is 5.90. The molecule has 0 amide bonds. The number of ketones is 1. The molecule has 5 rings (SSSR count). The topological polar surface area (TPSA) is 48.0 Å². The number of allylic oxidation sites excluding steroid dienone is 1. The Morgan fingerprint density at radius 2 is 1.97 bits per heavy atom. The van der Waals surface area contributed by atoms with Crippen LogP contribution in [0.1, 0.15) is 34.0 Å². The van der Waals surface area contributed by atoms with E-state index in [0.29, 0.717) is 47.0 Å². The molecule has 0 saturated carbocycles. The molecule has 3 aromatic rings. The first-order chi connectivity index (χ1) is 16.5. The minimum Gasteiger partial charge on any atom is -0.493 e. The summed E-state index contributed by atoms with van der Waals surface area (Å²) in [5.41, 5.74) is 3.25. The predicted octanol–water partition coefficient (Wildman–Crippen LogP) is 6.40. The summed E-state index contributed by atoms with van der Waals surface area (Å²) in [6, 6.07) is 16.7. The highest BCUT2D eigenvalue weighted by molar-refractivity contribution is 6.35. The second-order valence-electron chi connectivity index (χ2n) is 8.14. The number of hydrogen-bond acceptors (Lipinski definition) is 5. The van der Waals surface area contributed by atoms with Crippen molar-refractivity contribution in [3.63, 3.8) is 0 Å². The standard InChI is InChI=1S/C27H23Cl2NO4/c1-2-32-23-6-4-3-5-18(23)13-25-26(31)20-9-10-24-21(27(20)34-25)15-30(16-33-24)12-11-17-7-8-19(28)14-22(17)29/h3-10,13-14H,2,11-12,15-16H2,1H3/b25-13-. The van der Waals surface area contributed by atoms with Crippen molar-refractivity contribution in [1.29, 1.82) is 0 Å². The molecular formula is C27H23Cl2NO4. The Morgan fingerprint density at radius 1 is 1.12 bits per heavy atom. The molecule has 0 unspecified atom stereocenters. The second kappa shape index (κ2) is 9.71. The largest absolute Gasteiger partial charge is 0.493 e. The lowest BCUT2D eigenvalue weighted by molar-refractivity contribution is 0.0950. The van der Waals surface area contributed by atoms with E-state index < -0.39 is 0 Å². The van der Waals surface area contributed by atoms with Crippen LogP contribution in [-0.2, 0) is 13.0 Å². The Hall–Kier alpha value is -2.99. The van der Waals surface area contributed by atoms with Crippen molar-refractivity contribution in [3.8, 4) is 17.2 Å². The van der Waals surface area contributed by atoms with Crippen LogP contribution in [0.5, 0.6) is 17.2 Å². The molecule has 5 nitrogen and oxygen atoms in total. The Kier molecular flexibility index (Phi) is 6.50. The van der Waals surface area contributed by atoms with Gasteiger partial charge in [-0.05, 0) is 55.3 Å². The fourth-order valence-corrected chi connectivity index (χ4v) is 4.68. The minimum atomic E-state index is -0.144. The summed E-state index contributed by atoms with van der Waals surface area (Å²) in [5.74, 6) is 2.15. The molecule has 2 aliphatic heterocycles. The van der Waals surface area contributed by atoms with Gasteiger partial charge in [0.05, 0.1) is 17.7 Å². The van der Waals surface area contributed by atoms with Gasteiger partial charge in [-0.25, -0.2) is 0 Å². The molecule has 3 aromatic carbocycles. The zero-order valence-corrected chi connectivity index (χ0v) is 20.2. The van der Waals surface area contributed by atoms with E-state index in [9.17, 15) is 4.79 Å². The average Bonchev–Trinajstić information content (AvgIpc) is 3.15. The van der Waals surface area contributed by atoms with E-state index >= 15 is 0 Å². The Balaban J connectivity index is 1.36. The third kappa shape index (κ3) is 4.51. The number of rotatable bonds is 6. The summed E-state index contributed by atoms with van der Waals surface area (Å²) in [6.07, 6.45) is 2.49. The highest BCUT2D eigenvalue weighted by atomic mass is 35.5. The van der Waals surface area contributed by atoms with E-state index in [1.54, 1.807) is 18.2 Å². The molecule has 7 heteroatoms. The van der Waals surface area contributed by atoms with E-state index in [0.717, 1.165) is 35.4 Å². The van der Waals surface area contributed by atoms with Gasteiger partial charge in [0.2, 0.25) is 5.78 Å². The lowest BCUT2D eigenvalue weighted by Crippen LogP contribution is -2.33. The van der Waals surface area contributed by atoms with E-state index in [2.05, 4.69) is 4.90 Å². The van der Waals surface area contributed by atoms with Crippen LogP contribution in [0.15, 0.2) is 60.4 Å². The maximum atomic E-state index is 13.1. The number of para-hydroxylation sites is 1. The van der Waals surface area contributed by atoms with Crippen molar-refractivity contribution in [3.05, 3.63) is 92.7 Å². The Morgan fingerprint density at radius 3 is 2.79 bits per heavy atom. The molecule has 0 atom stereocenters. The smallest absolute Gasteiger partial charge is 0.231 e. The SMILES string of the molecule is CCOc1ccccc1/C=C1\Oc2c(ccc3c2CN(CCc2ccc(Cl)cc2Cl)CO3)C1=O. The maximum Gasteiger partial charge on any atom is 0.231 e. The van der Waals surface area contributed by atoms with Gasteiger partial charge < -0.3 is 14.2 Å². The maximum absolute atomic E-state index is 13.1. The molecule has 0 bridgehead atoms.